The quantitative estimate of drug-likeness (QED) is 0.482. The number of hydrogen-bond donors (Lipinski definition) is 2. The summed E-state index contributed by atoms with van der Waals surface area (Å²) in [6.07, 6.45) is 0.806. The second-order valence-corrected chi connectivity index (χ2v) is 8.04. The third kappa shape index (κ3) is 5.38. The molecule has 1 saturated heterocycles. The number of carbonyl (C=O) groups is 2. The number of benzene rings is 3. The topological polar surface area (TPSA) is 73.9 Å². The van der Waals surface area contributed by atoms with Crippen LogP contribution in [0.1, 0.15) is 12.0 Å². The van der Waals surface area contributed by atoms with Crippen LogP contribution >= 0.6 is 11.6 Å². The van der Waals surface area contributed by atoms with Gasteiger partial charge in [-0.05, 0) is 42.3 Å². The van der Waals surface area contributed by atoms with Crippen molar-refractivity contribution in [2.75, 3.05) is 35.7 Å². The molecule has 1 aliphatic heterocycles. The molecule has 4 amide bonds. The lowest BCUT2D eigenvalue weighted by Crippen LogP contribution is -2.49. The van der Waals surface area contributed by atoms with Crippen LogP contribution in [0.15, 0.2) is 72.8 Å². The molecule has 1 fully saturated rings. The van der Waals surface area contributed by atoms with E-state index in [0.717, 1.165) is 12.0 Å². The molecular weight excluding hydrogens is 440 g/mol. The lowest BCUT2D eigenvalue weighted by atomic mass is 10.1. The van der Waals surface area contributed by atoms with Crippen molar-refractivity contribution in [2.24, 2.45) is 0 Å². The van der Waals surface area contributed by atoms with Gasteiger partial charge >= 0.3 is 12.1 Å². The summed E-state index contributed by atoms with van der Waals surface area (Å²) in [6.45, 7) is 1.64. The average Bonchev–Trinajstić information content (AvgIpc) is 2.82. The number of methoxy groups -OCH3 is 1. The largest absolute Gasteiger partial charge is 0.497 e. The summed E-state index contributed by atoms with van der Waals surface area (Å²) in [4.78, 5) is 29.4. The zero-order valence-electron chi connectivity index (χ0n) is 18.3. The number of nitrogens with zero attached hydrogens (tertiary/aromatic N) is 2. The van der Waals surface area contributed by atoms with Crippen LogP contribution in [0, 0.1) is 0 Å². The molecule has 0 saturated carbocycles. The Morgan fingerprint density at radius 3 is 2.61 bits per heavy atom. The monoisotopic (exact) mass is 464 g/mol. The molecule has 2 N–H and O–H groups in total. The molecular formula is C25H25ClN4O3. The fraction of sp³-hybridized carbons (Fsp3) is 0.200. The Bertz CT molecular complexity index is 1150. The molecule has 0 atom stereocenters. The zero-order valence-corrected chi connectivity index (χ0v) is 19.0. The minimum absolute atomic E-state index is 0.122. The third-order valence-corrected chi connectivity index (χ3v) is 5.77. The number of amides is 4. The van der Waals surface area contributed by atoms with Crippen molar-refractivity contribution >= 4 is 40.7 Å². The lowest BCUT2D eigenvalue weighted by Gasteiger charge is -2.36. The highest BCUT2D eigenvalue weighted by atomic mass is 35.5. The predicted octanol–water partition coefficient (Wildman–Crippen LogP) is 5.82. The van der Waals surface area contributed by atoms with Crippen LogP contribution in [-0.2, 0) is 6.54 Å². The molecule has 0 aromatic heterocycles. The van der Waals surface area contributed by atoms with Gasteiger partial charge in [-0.15, -0.1) is 0 Å². The second-order valence-electron chi connectivity index (χ2n) is 7.63. The van der Waals surface area contributed by atoms with E-state index >= 15 is 0 Å². The number of urea groups is 2. The van der Waals surface area contributed by atoms with Crippen LogP contribution in [0.5, 0.6) is 5.75 Å². The van der Waals surface area contributed by atoms with Crippen molar-refractivity contribution in [1.29, 1.82) is 0 Å². The number of halogens is 1. The van der Waals surface area contributed by atoms with Crippen molar-refractivity contribution in [3.8, 4) is 5.75 Å². The molecule has 4 rings (SSSR count). The van der Waals surface area contributed by atoms with Gasteiger partial charge in [-0.3, -0.25) is 4.90 Å². The van der Waals surface area contributed by atoms with Crippen LogP contribution < -0.4 is 20.3 Å². The molecule has 3 aromatic carbocycles. The molecule has 8 heteroatoms. The smallest absolute Gasteiger partial charge is 0.324 e. The van der Waals surface area contributed by atoms with Crippen LogP contribution in [0.25, 0.3) is 0 Å². The van der Waals surface area contributed by atoms with Gasteiger partial charge in [0.1, 0.15) is 5.75 Å². The summed E-state index contributed by atoms with van der Waals surface area (Å²) in [5.41, 5.74) is 2.70. The van der Waals surface area contributed by atoms with Crippen molar-refractivity contribution in [2.45, 2.75) is 13.0 Å². The highest BCUT2D eigenvalue weighted by molar-refractivity contribution is 6.31. The van der Waals surface area contributed by atoms with E-state index in [4.69, 9.17) is 16.3 Å². The standard InChI is InChI=1S/C25H25ClN4O3/c1-33-20-10-6-9-19(16-20)27-24(31)28-22-12-4-5-13-23(22)30-15-7-14-29(25(30)32)17-18-8-2-3-11-21(18)26/h2-6,8-13,16H,7,14-15,17H2,1H3,(H2,27,28,31). The molecule has 0 radical (unpaired) electrons. The maximum absolute atomic E-state index is 13.3. The Kier molecular flexibility index (Phi) is 7.00. The molecule has 0 aliphatic carbocycles. The van der Waals surface area contributed by atoms with Crippen LogP contribution in [0.4, 0.5) is 26.7 Å². The molecule has 7 nitrogen and oxygen atoms in total. The first kappa shape index (κ1) is 22.5. The Morgan fingerprint density at radius 2 is 1.79 bits per heavy atom. The summed E-state index contributed by atoms with van der Waals surface area (Å²) in [6, 6.07) is 21.4. The van der Waals surface area contributed by atoms with Gasteiger partial charge in [0.25, 0.3) is 0 Å². The van der Waals surface area contributed by atoms with Gasteiger partial charge in [0, 0.05) is 36.4 Å². The van der Waals surface area contributed by atoms with Crippen molar-refractivity contribution < 1.29 is 14.3 Å². The highest BCUT2D eigenvalue weighted by Crippen LogP contribution is 2.30. The van der Waals surface area contributed by atoms with E-state index in [2.05, 4.69) is 10.6 Å². The minimum atomic E-state index is -0.409. The summed E-state index contributed by atoms with van der Waals surface area (Å²) < 4.78 is 5.20. The lowest BCUT2D eigenvalue weighted by molar-refractivity contribution is 0.192. The third-order valence-electron chi connectivity index (χ3n) is 5.40. The Labute approximate surface area is 197 Å². The van der Waals surface area contributed by atoms with Crippen LogP contribution in [-0.4, -0.2) is 37.2 Å². The first-order valence-electron chi connectivity index (χ1n) is 10.7. The van der Waals surface area contributed by atoms with E-state index < -0.39 is 6.03 Å². The van der Waals surface area contributed by atoms with E-state index in [1.807, 2.05) is 42.5 Å². The van der Waals surface area contributed by atoms with Gasteiger partial charge in [0.05, 0.1) is 18.5 Å². The van der Waals surface area contributed by atoms with Crippen LogP contribution in [0.3, 0.4) is 0 Å². The Morgan fingerprint density at radius 1 is 1.00 bits per heavy atom. The van der Waals surface area contributed by atoms with Gasteiger partial charge in [0.2, 0.25) is 0 Å². The Hall–Kier alpha value is -3.71. The van der Waals surface area contributed by atoms with Crippen LogP contribution in [0.2, 0.25) is 5.02 Å². The number of hydrogen-bond acceptors (Lipinski definition) is 3. The Balaban J connectivity index is 1.49. The highest BCUT2D eigenvalue weighted by Gasteiger charge is 2.28. The molecule has 0 spiro atoms. The van der Waals surface area contributed by atoms with Gasteiger partial charge < -0.3 is 20.3 Å². The van der Waals surface area contributed by atoms with Gasteiger partial charge in [0.15, 0.2) is 0 Å². The zero-order chi connectivity index (χ0) is 23.2. The van der Waals surface area contributed by atoms with Crippen molar-refractivity contribution in [3.63, 3.8) is 0 Å². The summed E-state index contributed by atoms with van der Waals surface area (Å²) in [5, 5.41) is 6.30. The fourth-order valence-electron chi connectivity index (χ4n) is 3.78. The maximum atomic E-state index is 13.3. The first-order valence-corrected chi connectivity index (χ1v) is 11.0. The summed E-state index contributed by atoms with van der Waals surface area (Å²) >= 11 is 6.30. The number of nitrogens with one attached hydrogen (secondary N) is 2. The minimum Gasteiger partial charge on any atom is -0.497 e. The molecule has 33 heavy (non-hydrogen) atoms. The van der Waals surface area contributed by atoms with Crippen molar-refractivity contribution in [3.05, 3.63) is 83.4 Å². The van der Waals surface area contributed by atoms with E-state index in [-0.39, 0.29) is 6.03 Å². The normalized spacial score (nSPS) is 13.6. The predicted molar refractivity (Wildman–Crippen MR) is 131 cm³/mol. The van der Waals surface area contributed by atoms with Gasteiger partial charge in [-0.2, -0.15) is 0 Å². The van der Waals surface area contributed by atoms with E-state index in [1.54, 1.807) is 47.2 Å². The molecule has 1 heterocycles. The second kappa shape index (κ2) is 10.3. The summed E-state index contributed by atoms with van der Waals surface area (Å²) in [7, 11) is 1.57. The number of carbonyl (C=O) groups excluding carboxylic acids is 2. The molecule has 3 aromatic rings. The van der Waals surface area contributed by atoms with Gasteiger partial charge in [-0.25, -0.2) is 9.59 Å². The van der Waals surface area contributed by atoms with E-state index in [0.29, 0.717) is 47.5 Å². The SMILES string of the molecule is COc1cccc(NC(=O)Nc2ccccc2N2CCCN(Cc3ccccc3Cl)C2=O)c1. The number of rotatable bonds is 6. The maximum Gasteiger partial charge on any atom is 0.324 e. The fourth-order valence-corrected chi connectivity index (χ4v) is 3.98. The first-order chi connectivity index (χ1) is 16.0. The molecule has 0 unspecified atom stereocenters. The number of para-hydroxylation sites is 2. The number of ether oxygens (including phenoxy) is 1. The summed E-state index contributed by atoms with van der Waals surface area (Å²) in [5.74, 6) is 0.644. The van der Waals surface area contributed by atoms with E-state index in [9.17, 15) is 9.59 Å². The molecule has 170 valence electrons. The average molecular weight is 465 g/mol. The molecule has 0 bridgehead atoms. The van der Waals surface area contributed by atoms with Gasteiger partial charge in [-0.1, -0.05) is 48.0 Å². The van der Waals surface area contributed by atoms with E-state index in [1.165, 1.54) is 0 Å². The molecule has 1 aliphatic rings. The number of anilines is 3. The van der Waals surface area contributed by atoms with Crippen molar-refractivity contribution in [1.82, 2.24) is 4.90 Å².